The summed E-state index contributed by atoms with van der Waals surface area (Å²) >= 11 is 7.94. The van der Waals surface area contributed by atoms with Crippen molar-refractivity contribution in [3.8, 4) is 10.4 Å². The van der Waals surface area contributed by atoms with E-state index in [4.69, 9.17) is 11.6 Å². The van der Waals surface area contributed by atoms with Crippen molar-refractivity contribution in [2.75, 3.05) is 0 Å². The molecule has 0 fully saturated rings. The van der Waals surface area contributed by atoms with Gasteiger partial charge < -0.3 is 4.98 Å². The molecule has 0 unspecified atom stereocenters. The summed E-state index contributed by atoms with van der Waals surface area (Å²) in [5.74, 6) is 0. The van der Waals surface area contributed by atoms with E-state index in [-0.39, 0.29) is 0 Å². The molecule has 2 aromatic carbocycles. The highest BCUT2D eigenvalue weighted by molar-refractivity contribution is 7.22. The van der Waals surface area contributed by atoms with Crippen molar-refractivity contribution in [3.05, 3.63) is 59.2 Å². The quantitative estimate of drug-likeness (QED) is 0.443. The zero-order chi connectivity index (χ0) is 13.7. The zero-order valence-corrected chi connectivity index (χ0v) is 12.5. The summed E-state index contributed by atoms with van der Waals surface area (Å²) in [5, 5.41) is 3.32. The number of nitrogens with one attached hydrogen (secondary N) is 1. The number of rotatable bonds is 1. The van der Waals surface area contributed by atoms with E-state index in [0.29, 0.717) is 0 Å². The second-order valence-electron chi connectivity index (χ2n) is 4.94. The minimum Gasteiger partial charge on any atom is -0.361 e. The van der Waals surface area contributed by atoms with Gasteiger partial charge in [0.15, 0.2) is 0 Å². The number of benzene rings is 2. The number of aromatic amines is 1. The smallest absolute Gasteiger partial charge is 0.0460 e. The molecule has 0 saturated heterocycles. The molecule has 3 heteroatoms. The first-order valence-electron chi connectivity index (χ1n) is 6.49. The van der Waals surface area contributed by atoms with E-state index < -0.39 is 0 Å². The molecule has 98 valence electrons. The molecule has 0 amide bonds. The maximum Gasteiger partial charge on any atom is 0.0460 e. The summed E-state index contributed by atoms with van der Waals surface area (Å²) in [6.07, 6.45) is 2.10. The van der Waals surface area contributed by atoms with Gasteiger partial charge in [0.25, 0.3) is 0 Å². The second-order valence-corrected chi connectivity index (χ2v) is 6.43. The Kier molecular flexibility index (Phi) is 2.62. The Bertz CT molecular complexity index is 933. The Morgan fingerprint density at radius 1 is 1.05 bits per heavy atom. The van der Waals surface area contributed by atoms with Gasteiger partial charge in [-0.2, -0.15) is 0 Å². The first-order chi connectivity index (χ1) is 9.74. The maximum absolute atomic E-state index is 6.12. The summed E-state index contributed by atoms with van der Waals surface area (Å²) in [6, 6.07) is 14.5. The van der Waals surface area contributed by atoms with E-state index in [1.54, 1.807) is 0 Å². The van der Waals surface area contributed by atoms with Crippen LogP contribution in [0.25, 0.3) is 31.4 Å². The highest BCUT2D eigenvalue weighted by Crippen LogP contribution is 2.41. The van der Waals surface area contributed by atoms with Gasteiger partial charge in [-0.3, -0.25) is 0 Å². The van der Waals surface area contributed by atoms with E-state index >= 15 is 0 Å². The predicted molar refractivity (Wildman–Crippen MR) is 88.9 cm³/mol. The fraction of sp³-hybridized carbons (Fsp3) is 0.0588. The summed E-state index contributed by atoms with van der Waals surface area (Å²) < 4.78 is 1.28. The van der Waals surface area contributed by atoms with E-state index in [9.17, 15) is 0 Å². The van der Waals surface area contributed by atoms with Crippen LogP contribution in [-0.2, 0) is 0 Å². The van der Waals surface area contributed by atoms with Crippen LogP contribution < -0.4 is 0 Å². The standard InChI is InChI=1S/C17H12ClNS/c1-10-13-8-11(18)6-7-16(13)20-17(10)14-9-19-15-5-3-2-4-12(14)15/h2-9,19H,1H3. The van der Waals surface area contributed by atoms with Crippen molar-refractivity contribution in [2.24, 2.45) is 0 Å². The van der Waals surface area contributed by atoms with Crippen molar-refractivity contribution in [1.82, 2.24) is 4.98 Å². The summed E-state index contributed by atoms with van der Waals surface area (Å²) in [7, 11) is 0. The van der Waals surface area contributed by atoms with Gasteiger partial charge in [0.1, 0.15) is 0 Å². The van der Waals surface area contributed by atoms with Crippen LogP contribution in [0.4, 0.5) is 0 Å². The lowest BCUT2D eigenvalue weighted by Gasteiger charge is -1.98. The molecule has 0 bridgehead atoms. The SMILES string of the molecule is Cc1c(-c2c[nH]c3ccccc23)sc2ccc(Cl)cc12. The van der Waals surface area contributed by atoms with Crippen LogP contribution >= 0.6 is 22.9 Å². The molecule has 0 aliphatic heterocycles. The molecule has 0 radical (unpaired) electrons. The van der Waals surface area contributed by atoms with Crippen molar-refractivity contribution < 1.29 is 0 Å². The number of aryl methyl sites for hydroxylation is 1. The molecule has 0 aliphatic rings. The molecule has 1 N–H and O–H groups in total. The van der Waals surface area contributed by atoms with Gasteiger partial charge in [0.2, 0.25) is 0 Å². The Labute approximate surface area is 125 Å². The normalized spacial score (nSPS) is 11.5. The molecule has 0 spiro atoms. The van der Waals surface area contributed by atoms with Crippen LogP contribution in [-0.4, -0.2) is 4.98 Å². The molecule has 0 saturated carbocycles. The molecular formula is C17H12ClNS. The van der Waals surface area contributed by atoms with Gasteiger partial charge in [-0.25, -0.2) is 0 Å². The topological polar surface area (TPSA) is 15.8 Å². The van der Waals surface area contributed by atoms with E-state index in [2.05, 4.69) is 54.5 Å². The summed E-state index contributed by atoms with van der Waals surface area (Å²) in [5.41, 5.74) is 3.75. The number of fused-ring (bicyclic) bond motifs is 2. The van der Waals surface area contributed by atoms with E-state index in [0.717, 1.165) is 5.02 Å². The molecule has 2 aromatic heterocycles. The van der Waals surface area contributed by atoms with Gasteiger partial charge in [-0.1, -0.05) is 29.8 Å². The number of aromatic nitrogens is 1. The lowest BCUT2D eigenvalue weighted by molar-refractivity contribution is 1.47. The Balaban J connectivity index is 2.05. The largest absolute Gasteiger partial charge is 0.361 e. The summed E-state index contributed by atoms with van der Waals surface area (Å²) in [4.78, 5) is 4.67. The lowest BCUT2D eigenvalue weighted by atomic mass is 10.1. The first kappa shape index (κ1) is 12.0. The third kappa shape index (κ3) is 1.69. The van der Waals surface area contributed by atoms with Crippen LogP contribution in [0.5, 0.6) is 0 Å². The first-order valence-corrected chi connectivity index (χ1v) is 7.68. The number of hydrogen-bond acceptors (Lipinski definition) is 1. The number of thiophene rings is 1. The average Bonchev–Trinajstić information content (AvgIpc) is 3.01. The predicted octanol–water partition coefficient (Wildman–Crippen LogP) is 6.01. The molecule has 0 aliphatic carbocycles. The number of halogens is 1. The number of para-hydroxylation sites is 1. The highest BCUT2D eigenvalue weighted by atomic mass is 35.5. The molecule has 2 heterocycles. The molecule has 4 rings (SSSR count). The average molecular weight is 298 g/mol. The second kappa shape index (κ2) is 4.37. The molecule has 4 aromatic rings. The molecular weight excluding hydrogens is 286 g/mol. The Morgan fingerprint density at radius 3 is 2.80 bits per heavy atom. The number of hydrogen-bond donors (Lipinski definition) is 1. The minimum atomic E-state index is 0.795. The van der Waals surface area contributed by atoms with Gasteiger partial charge in [0, 0.05) is 37.3 Å². The Morgan fingerprint density at radius 2 is 1.90 bits per heavy atom. The Hall–Kier alpha value is -1.77. The van der Waals surface area contributed by atoms with Crippen LogP contribution in [0.3, 0.4) is 0 Å². The number of H-pyrrole nitrogens is 1. The molecule has 20 heavy (non-hydrogen) atoms. The summed E-state index contributed by atoms with van der Waals surface area (Å²) in [6.45, 7) is 2.17. The lowest BCUT2D eigenvalue weighted by Crippen LogP contribution is -1.74. The van der Waals surface area contributed by atoms with Crippen molar-refractivity contribution in [3.63, 3.8) is 0 Å². The zero-order valence-electron chi connectivity index (χ0n) is 10.9. The van der Waals surface area contributed by atoms with Gasteiger partial charge in [-0.05, 0) is 42.1 Å². The van der Waals surface area contributed by atoms with Gasteiger partial charge in [-0.15, -0.1) is 11.3 Å². The molecule has 1 nitrogen and oxygen atoms in total. The third-order valence-electron chi connectivity index (χ3n) is 3.73. The van der Waals surface area contributed by atoms with Gasteiger partial charge >= 0.3 is 0 Å². The van der Waals surface area contributed by atoms with Crippen molar-refractivity contribution in [2.45, 2.75) is 6.92 Å². The monoisotopic (exact) mass is 297 g/mol. The van der Waals surface area contributed by atoms with Gasteiger partial charge in [0.05, 0.1) is 0 Å². The minimum absolute atomic E-state index is 0.795. The maximum atomic E-state index is 6.12. The fourth-order valence-corrected chi connectivity index (χ4v) is 4.10. The van der Waals surface area contributed by atoms with Crippen LogP contribution in [0.15, 0.2) is 48.7 Å². The van der Waals surface area contributed by atoms with Crippen LogP contribution in [0, 0.1) is 6.92 Å². The van der Waals surface area contributed by atoms with E-state index in [1.165, 1.54) is 37.0 Å². The highest BCUT2D eigenvalue weighted by Gasteiger charge is 2.13. The fourth-order valence-electron chi connectivity index (χ4n) is 2.71. The van der Waals surface area contributed by atoms with E-state index in [1.807, 2.05) is 17.4 Å². The van der Waals surface area contributed by atoms with Crippen molar-refractivity contribution in [1.29, 1.82) is 0 Å². The van der Waals surface area contributed by atoms with Crippen LogP contribution in [0.2, 0.25) is 5.02 Å². The van der Waals surface area contributed by atoms with Crippen LogP contribution in [0.1, 0.15) is 5.56 Å². The molecule has 0 atom stereocenters. The third-order valence-corrected chi connectivity index (χ3v) is 5.27. The van der Waals surface area contributed by atoms with Crippen molar-refractivity contribution >= 4 is 43.9 Å².